The van der Waals surface area contributed by atoms with E-state index in [0.717, 1.165) is 38.8 Å². The van der Waals surface area contributed by atoms with Crippen LogP contribution < -0.4 is 0 Å². The molecule has 116 valence electrons. The second-order valence-electron chi connectivity index (χ2n) is 6.29. The number of likely N-dealkylation sites (tertiary alicyclic amines) is 1. The molecule has 0 amide bonds. The lowest BCUT2D eigenvalue weighted by Gasteiger charge is -2.46. The van der Waals surface area contributed by atoms with Crippen LogP contribution in [0.15, 0.2) is 6.20 Å². The van der Waals surface area contributed by atoms with E-state index in [-0.39, 0.29) is 11.9 Å². The summed E-state index contributed by atoms with van der Waals surface area (Å²) in [5.74, 6) is 0.544. The molecule has 1 fully saturated rings. The summed E-state index contributed by atoms with van der Waals surface area (Å²) in [5.41, 5.74) is 2.61. The lowest BCUT2D eigenvalue weighted by Crippen LogP contribution is -2.53. The fraction of sp³-hybridized carbons (Fsp3) is 0.750. The summed E-state index contributed by atoms with van der Waals surface area (Å²) in [6.45, 7) is 6.47. The van der Waals surface area contributed by atoms with Gasteiger partial charge in [0.1, 0.15) is 0 Å². The number of nitrogens with one attached hydrogen (secondary N) is 1. The number of hydrogen-bond acceptors (Lipinski definition) is 4. The molecule has 1 saturated heterocycles. The first kappa shape index (κ1) is 14.6. The maximum absolute atomic E-state index is 12.1. The number of hydrogen-bond donors (Lipinski definition) is 1. The van der Waals surface area contributed by atoms with Gasteiger partial charge in [-0.05, 0) is 50.6 Å². The van der Waals surface area contributed by atoms with Crippen LogP contribution in [0.5, 0.6) is 0 Å². The van der Waals surface area contributed by atoms with Crippen LogP contribution in [0.25, 0.3) is 0 Å². The molecule has 5 nitrogen and oxygen atoms in total. The summed E-state index contributed by atoms with van der Waals surface area (Å²) in [4.78, 5) is 14.7. The smallest absolute Gasteiger partial charge is 0.310 e. The quantitative estimate of drug-likeness (QED) is 0.859. The molecular weight excluding hydrogens is 266 g/mol. The largest absolute Gasteiger partial charge is 0.466 e. The van der Waals surface area contributed by atoms with Crippen LogP contribution in [0.3, 0.4) is 0 Å². The second kappa shape index (κ2) is 6.18. The van der Waals surface area contributed by atoms with Crippen molar-refractivity contribution in [2.75, 3.05) is 19.7 Å². The molecule has 3 atom stereocenters. The van der Waals surface area contributed by atoms with Gasteiger partial charge in [-0.2, -0.15) is 5.10 Å². The average molecular weight is 291 g/mol. The fourth-order valence-corrected chi connectivity index (χ4v) is 3.98. The summed E-state index contributed by atoms with van der Waals surface area (Å²) < 4.78 is 5.26. The third kappa shape index (κ3) is 2.84. The van der Waals surface area contributed by atoms with E-state index in [1.807, 2.05) is 13.1 Å². The number of rotatable bonds is 4. The van der Waals surface area contributed by atoms with E-state index in [9.17, 15) is 4.79 Å². The molecule has 3 rings (SSSR count). The predicted molar refractivity (Wildman–Crippen MR) is 79.9 cm³/mol. The zero-order chi connectivity index (χ0) is 14.8. The molecule has 1 aromatic rings. The fourth-order valence-electron chi connectivity index (χ4n) is 3.98. The van der Waals surface area contributed by atoms with Crippen molar-refractivity contribution < 1.29 is 9.53 Å². The Morgan fingerprint density at radius 3 is 3.10 bits per heavy atom. The molecule has 0 bridgehead atoms. The number of esters is 1. The first-order chi connectivity index (χ1) is 10.2. The third-order valence-corrected chi connectivity index (χ3v) is 4.89. The molecule has 21 heavy (non-hydrogen) atoms. The van der Waals surface area contributed by atoms with Crippen LogP contribution in [-0.4, -0.2) is 46.8 Å². The van der Waals surface area contributed by atoms with Gasteiger partial charge in [0, 0.05) is 18.3 Å². The highest BCUT2D eigenvalue weighted by Gasteiger charge is 2.41. The van der Waals surface area contributed by atoms with Gasteiger partial charge in [-0.1, -0.05) is 6.92 Å². The predicted octanol–water partition coefficient (Wildman–Crippen LogP) is 1.79. The minimum Gasteiger partial charge on any atom is -0.466 e. The van der Waals surface area contributed by atoms with Gasteiger partial charge in [0.2, 0.25) is 0 Å². The molecule has 1 aliphatic carbocycles. The number of aromatic amines is 1. The van der Waals surface area contributed by atoms with Crippen LogP contribution in [0.4, 0.5) is 0 Å². The molecule has 5 heteroatoms. The van der Waals surface area contributed by atoms with E-state index < -0.39 is 0 Å². The van der Waals surface area contributed by atoms with Crippen molar-refractivity contribution in [3.8, 4) is 0 Å². The van der Waals surface area contributed by atoms with Crippen LogP contribution in [0, 0.1) is 11.8 Å². The number of H-pyrrole nitrogens is 1. The summed E-state index contributed by atoms with van der Waals surface area (Å²) in [6.07, 6.45) is 6.11. The maximum atomic E-state index is 12.1. The highest BCUT2D eigenvalue weighted by Crippen LogP contribution is 2.36. The molecule has 0 radical (unpaired) electrons. The monoisotopic (exact) mass is 291 g/mol. The van der Waals surface area contributed by atoms with Crippen molar-refractivity contribution in [3.63, 3.8) is 0 Å². The van der Waals surface area contributed by atoms with E-state index in [4.69, 9.17) is 4.74 Å². The number of carbonyl (C=O) groups is 1. The minimum atomic E-state index is -0.0209. The molecule has 2 aliphatic rings. The molecule has 0 spiro atoms. The number of carbonyl (C=O) groups excluding carboxylic acids is 1. The number of nitrogens with zero attached hydrogens (tertiary/aromatic N) is 2. The lowest BCUT2D eigenvalue weighted by atomic mass is 9.74. The molecule has 1 N–H and O–H groups in total. The molecule has 1 aromatic heterocycles. The first-order valence-corrected chi connectivity index (χ1v) is 8.14. The van der Waals surface area contributed by atoms with Gasteiger partial charge in [-0.15, -0.1) is 0 Å². The van der Waals surface area contributed by atoms with Gasteiger partial charge in [0.15, 0.2) is 0 Å². The Bertz CT molecular complexity index is 499. The van der Waals surface area contributed by atoms with E-state index >= 15 is 0 Å². The highest BCUT2D eigenvalue weighted by molar-refractivity contribution is 5.73. The Hall–Kier alpha value is -1.36. The Morgan fingerprint density at radius 2 is 2.33 bits per heavy atom. The second-order valence-corrected chi connectivity index (χ2v) is 6.29. The Kier molecular flexibility index (Phi) is 4.29. The van der Waals surface area contributed by atoms with Crippen molar-refractivity contribution in [2.45, 2.75) is 45.6 Å². The number of piperidine rings is 1. The normalized spacial score (nSPS) is 28.8. The van der Waals surface area contributed by atoms with Crippen LogP contribution in [-0.2, 0) is 22.4 Å². The van der Waals surface area contributed by atoms with E-state index in [1.165, 1.54) is 11.3 Å². The number of aromatic nitrogens is 2. The van der Waals surface area contributed by atoms with E-state index in [2.05, 4.69) is 22.0 Å². The molecule has 0 unspecified atom stereocenters. The Balaban J connectivity index is 1.78. The van der Waals surface area contributed by atoms with Crippen molar-refractivity contribution in [1.29, 1.82) is 0 Å². The summed E-state index contributed by atoms with van der Waals surface area (Å²) >= 11 is 0. The van der Waals surface area contributed by atoms with E-state index in [1.54, 1.807) is 0 Å². The van der Waals surface area contributed by atoms with Crippen molar-refractivity contribution >= 4 is 5.97 Å². The summed E-state index contributed by atoms with van der Waals surface area (Å²) in [5, 5.41) is 7.30. The molecule has 0 aromatic carbocycles. The summed E-state index contributed by atoms with van der Waals surface area (Å²) in [6, 6.07) is 0.556. The SMILES string of the molecule is CCCN1C[C@H](C(=O)OCC)C[C@@H]2Cc3[nH]ncc3C[C@H]21. The summed E-state index contributed by atoms with van der Waals surface area (Å²) in [7, 11) is 0. The van der Waals surface area contributed by atoms with E-state index in [0.29, 0.717) is 18.6 Å². The average Bonchev–Trinajstić information content (AvgIpc) is 2.92. The van der Waals surface area contributed by atoms with Gasteiger partial charge >= 0.3 is 5.97 Å². The third-order valence-electron chi connectivity index (χ3n) is 4.89. The molecular formula is C16H25N3O2. The standard InChI is InChI=1S/C16H25N3O2/c1-3-5-19-10-13(16(20)21-4-2)6-11-7-14-12(8-15(11)19)9-17-18-14/h9,11,13,15H,3-8,10H2,1-2H3,(H,17,18)/t11-,13-,15-/m1/s1. The van der Waals surface area contributed by atoms with Crippen LogP contribution in [0.1, 0.15) is 37.9 Å². The lowest BCUT2D eigenvalue weighted by molar-refractivity contribution is -0.152. The van der Waals surface area contributed by atoms with Crippen LogP contribution >= 0.6 is 0 Å². The zero-order valence-corrected chi connectivity index (χ0v) is 13.0. The molecule has 2 heterocycles. The number of fused-ring (bicyclic) bond motifs is 2. The van der Waals surface area contributed by atoms with Gasteiger partial charge < -0.3 is 4.74 Å². The minimum absolute atomic E-state index is 0.0209. The number of ether oxygens (including phenoxy) is 1. The van der Waals surface area contributed by atoms with Crippen molar-refractivity contribution in [3.05, 3.63) is 17.5 Å². The van der Waals surface area contributed by atoms with Crippen molar-refractivity contribution in [1.82, 2.24) is 15.1 Å². The molecule has 0 saturated carbocycles. The van der Waals surface area contributed by atoms with Crippen molar-refractivity contribution in [2.24, 2.45) is 11.8 Å². The topological polar surface area (TPSA) is 58.2 Å². The Labute approximate surface area is 126 Å². The van der Waals surface area contributed by atoms with Crippen LogP contribution in [0.2, 0.25) is 0 Å². The Morgan fingerprint density at radius 1 is 1.48 bits per heavy atom. The highest BCUT2D eigenvalue weighted by atomic mass is 16.5. The van der Waals surface area contributed by atoms with Gasteiger partial charge in [0.25, 0.3) is 0 Å². The van der Waals surface area contributed by atoms with Gasteiger partial charge in [0.05, 0.1) is 18.7 Å². The zero-order valence-electron chi connectivity index (χ0n) is 13.0. The van der Waals surface area contributed by atoms with Gasteiger partial charge in [-0.3, -0.25) is 14.8 Å². The molecule has 1 aliphatic heterocycles. The first-order valence-electron chi connectivity index (χ1n) is 8.14. The maximum Gasteiger partial charge on any atom is 0.310 e. The van der Waals surface area contributed by atoms with Gasteiger partial charge in [-0.25, -0.2) is 0 Å².